The summed E-state index contributed by atoms with van der Waals surface area (Å²) in [6, 6.07) is 0. The van der Waals surface area contributed by atoms with E-state index in [1.54, 1.807) is 0 Å². The highest BCUT2D eigenvalue weighted by Crippen LogP contribution is 2.53. The Balaban J connectivity index is 4.39. The minimum Gasteiger partial charge on any atom is -0.465 e. The van der Waals surface area contributed by atoms with Gasteiger partial charge >= 0.3 is 47.8 Å². The second-order valence-corrected chi connectivity index (χ2v) is 15.8. The van der Waals surface area contributed by atoms with Crippen LogP contribution in [0.25, 0.3) is 0 Å². The van der Waals surface area contributed by atoms with Crippen LogP contribution in [0.15, 0.2) is 39.2 Å². The fourth-order valence-electron chi connectivity index (χ4n) is 2.39. The molecule has 16 nitrogen and oxygen atoms in total. The first kappa shape index (κ1) is 43.5. The second kappa shape index (κ2) is 22.3. The third-order valence-corrected chi connectivity index (χ3v) is 14.8. The molecule has 0 aromatic carbocycles. The highest BCUT2D eigenvalue weighted by Gasteiger charge is 2.35. The van der Waals surface area contributed by atoms with E-state index in [4.69, 9.17) is 37.9 Å². The third kappa shape index (κ3) is 11.8. The van der Waals surface area contributed by atoms with Crippen LogP contribution < -0.4 is 0 Å². The molecule has 48 heavy (non-hydrogen) atoms. The Hall–Kier alpha value is -2.48. The van der Waals surface area contributed by atoms with E-state index in [-0.39, 0.29) is 0 Å². The van der Waals surface area contributed by atoms with Crippen LogP contribution in [-0.4, -0.2) is 105 Å². The van der Waals surface area contributed by atoms with Gasteiger partial charge in [0, 0.05) is 0 Å². The van der Waals surface area contributed by atoms with Gasteiger partial charge < -0.3 is 37.9 Å². The zero-order valence-corrected chi connectivity index (χ0v) is 32.3. The normalized spacial score (nSPS) is 21.2. The van der Waals surface area contributed by atoms with Gasteiger partial charge in [-0.2, -0.15) is 0 Å². The van der Waals surface area contributed by atoms with Gasteiger partial charge in [0.1, 0.15) is 39.2 Å². The average molecular weight is 825 g/mol. The molecule has 0 radical (unpaired) electrons. The Bertz CT molecular complexity index is 1150. The first-order valence-corrected chi connectivity index (χ1v) is 20.4. The van der Waals surface area contributed by atoms with E-state index >= 15 is 0 Å². The highest BCUT2D eigenvalue weighted by molar-refractivity contribution is 8.83. The molecule has 0 aromatic rings. The predicted molar refractivity (Wildman–Crippen MR) is 185 cm³/mol. The summed E-state index contributed by atoms with van der Waals surface area (Å²) < 4.78 is 38.6. The molecule has 0 amide bonds. The van der Waals surface area contributed by atoms with E-state index in [2.05, 4.69) is 0 Å². The summed E-state index contributed by atoms with van der Waals surface area (Å²) in [6.45, 7) is 0. The zero-order chi connectivity index (χ0) is 36.6. The first-order valence-electron chi connectivity index (χ1n) is 11.8. The van der Waals surface area contributed by atoms with Gasteiger partial charge in [0.05, 0.1) is 56.9 Å². The molecule has 0 saturated carbocycles. The molecule has 0 spiro atoms. The Morgan fingerprint density at radius 3 is 0.396 bits per heavy atom. The summed E-state index contributed by atoms with van der Waals surface area (Å²) in [4.78, 5) is 99.9. The molecule has 1 rings (SSSR count). The molecule has 0 saturated heterocycles. The standard InChI is InChI=1S/C24H24O16S8/c1-33-17(25)9-10(18(26)34-2)42-44-13(21(29)37-5)14(22(30)38-6)46-48-16(24(32)40-8)15(23(31)39-7)47-45-12(20(28)36-4)11(43-41-9)19(27)35-3/h1-8H3/b10-9-,12-11-,14-13-,16-15-. The molecular formula is C24H24O16S8. The monoisotopic (exact) mass is 824 g/mol. The van der Waals surface area contributed by atoms with Crippen molar-refractivity contribution in [3.8, 4) is 0 Å². The molecule has 0 unspecified atom stereocenters. The molecule has 0 bridgehead atoms. The van der Waals surface area contributed by atoms with Crippen molar-refractivity contribution < 1.29 is 76.3 Å². The van der Waals surface area contributed by atoms with E-state index in [0.717, 1.165) is 56.9 Å². The van der Waals surface area contributed by atoms with Crippen LogP contribution >= 0.6 is 86.4 Å². The quantitative estimate of drug-likeness (QED) is 0.194. The van der Waals surface area contributed by atoms with E-state index in [0.29, 0.717) is 86.4 Å². The van der Waals surface area contributed by atoms with Crippen LogP contribution in [0.3, 0.4) is 0 Å². The smallest absolute Gasteiger partial charge is 0.346 e. The van der Waals surface area contributed by atoms with Crippen LogP contribution in [-0.2, 0) is 76.3 Å². The molecule has 0 fully saturated rings. The summed E-state index contributed by atoms with van der Waals surface area (Å²) in [7, 11) is 11.7. The van der Waals surface area contributed by atoms with E-state index < -0.39 is 87.0 Å². The molecule has 1 aliphatic heterocycles. The molecule has 0 atom stereocenters. The van der Waals surface area contributed by atoms with Crippen LogP contribution in [0.4, 0.5) is 0 Å². The Kier molecular flexibility index (Phi) is 20.2. The summed E-state index contributed by atoms with van der Waals surface area (Å²) in [5.41, 5.74) is 0. The number of carbonyl (C=O) groups is 8. The van der Waals surface area contributed by atoms with Crippen molar-refractivity contribution >= 4 is 134 Å². The van der Waals surface area contributed by atoms with Gasteiger partial charge in [-0.3, -0.25) is 0 Å². The van der Waals surface area contributed by atoms with Crippen molar-refractivity contribution in [2.45, 2.75) is 0 Å². The van der Waals surface area contributed by atoms with Gasteiger partial charge in [0.15, 0.2) is 0 Å². The number of ether oxygens (including phenoxy) is 8. The molecule has 0 aliphatic carbocycles. The highest BCUT2D eigenvalue weighted by atomic mass is 33.1. The lowest BCUT2D eigenvalue weighted by molar-refractivity contribution is -0.138. The van der Waals surface area contributed by atoms with Gasteiger partial charge in [0.2, 0.25) is 0 Å². The van der Waals surface area contributed by atoms with E-state index in [1.165, 1.54) is 0 Å². The van der Waals surface area contributed by atoms with Gasteiger partial charge in [-0.15, -0.1) is 0 Å². The SMILES string of the molecule is COC(=O)/C1=C(\C(=O)OC)SS/C(C(=O)OC)=C(/C(=O)OC)SS/C(C(=O)OC)=C(/C(=O)OC)SS/C(C(=O)OC)=C(/C(=O)OC)SS1. The molecule has 0 aromatic heterocycles. The largest absolute Gasteiger partial charge is 0.465 e. The molecule has 264 valence electrons. The minimum absolute atomic E-state index is 0.460. The van der Waals surface area contributed by atoms with Gasteiger partial charge in [-0.05, 0) is 86.4 Å². The first-order chi connectivity index (χ1) is 22.8. The van der Waals surface area contributed by atoms with E-state index in [9.17, 15) is 38.4 Å². The maximum absolute atomic E-state index is 13.0. The number of hydrogen-bond donors (Lipinski definition) is 0. The van der Waals surface area contributed by atoms with Crippen molar-refractivity contribution in [1.29, 1.82) is 0 Å². The molecular weight excluding hydrogens is 801 g/mol. The number of hydrogen-bond acceptors (Lipinski definition) is 24. The van der Waals surface area contributed by atoms with Crippen LogP contribution in [0.1, 0.15) is 0 Å². The lowest BCUT2D eigenvalue weighted by atomic mass is 10.5. The number of esters is 8. The van der Waals surface area contributed by atoms with Crippen molar-refractivity contribution in [2.24, 2.45) is 0 Å². The van der Waals surface area contributed by atoms with Crippen LogP contribution in [0, 0.1) is 0 Å². The molecule has 24 heteroatoms. The fraction of sp³-hybridized carbons (Fsp3) is 0.333. The summed E-state index contributed by atoms with van der Waals surface area (Å²) in [6.07, 6.45) is 0. The van der Waals surface area contributed by atoms with Crippen LogP contribution in [0.5, 0.6) is 0 Å². The number of carbonyl (C=O) groups excluding carboxylic acids is 8. The Labute approximate surface area is 304 Å². The third-order valence-electron chi connectivity index (χ3n) is 4.62. The Morgan fingerprint density at radius 1 is 0.250 bits per heavy atom. The second-order valence-electron chi connectivity index (χ2n) is 7.23. The van der Waals surface area contributed by atoms with Gasteiger partial charge in [-0.25, -0.2) is 38.4 Å². The van der Waals surface area contributed by atoms with Crippen LogP contribution in [0.2, 0.25) is 0 Å². The fourth-order valence-corrected chi connectivity index (χ4v) is 13.4. The van der Waals surface area contributed by atoms with Crippen molar-refractivity contribution in [3.05, 3.63) is 39.2 Å². The number of rotatable bonds is 8. The lowest BCUT2D eigenvalue weighted by Crippen LogP contribution is -2.14. The maximum atomic E-state index is 13.0. The maximum Gasteiger partial charge on any atom is 0.346 e. The topological polar surface area (TPSA) is 210 Å². The average Bonchev–Trinajstić information content (AvgIpc) is 3.11. The Morgan fingerprint density at radius 2 is 0.333 bits per heavy atom. The lowest BCUT2D eigenvalue weighted by Gasteiger charge is -2.16. The minimum atomic E-state index is -1.10. The van der Waals surface area contributed by atoms with Gasteiger partial charge in [0.25, 0.3) is 0 Å². The van der Waals surface area contributed by atoms with Crippen molar-refractivity contribution in [3.63, 3.8) is 0 Å². The van der Waals surface area contributed by atoms with E-state index in [1.807, 2.05) is 0 Å². The van der Waals surface area contributed by atoms with Gasteiger partial charge in [-0.1, -0.05) is 0 Å². The molecule has 1 aliphatic rings. The zero-order valence-electron chi connectivity index (χ0n) is 25.8. The molecule has 0 N–H and O–H groups in total. The summed E-state index contributed by atoms with van der Waals surface area (Å²) in [5.74, 6) is -8.83. The molecule has 1 heterocycles. The summed E-state index contributed by atoms with van der Waals surface area (Å²) >= 11 is 0. The van der Waals surface area contributed by atoms with Crippen molar-refractivity contribution in [1.82, 2.24) is 0 Å². The predicted octanol–water partition coefficient (Wildman–Crippen LogP) is 3.76. The summed E-state index contributed by atoms with van der Waals surface area (Å²) in [5, 5.41) is 0. The van der Waals surface area contributed by atoms with Crippen molar-refractivity contribution in [2.75, 3.05) is 56.9 Å². The number of methoxy groups -OCH3 is 8.